The molecule has 0 saturated carbocycles. The third-order valence-electron chi connectivity index (χ3n) is 2.48. The monoisotopic (exact) mass is 239 g/mol. The number of hydrogen-bond donors (Lipinski definition) is 2. The molecule has 0 spiro atoms. The SMILES string of the molecule is CC(C)(C)OC(=O)N1CC(N)(c2ncn[nH]2)C1. The molecule has 1 saturated heterocycles. The summed E-state index contributed by atoms with van der Waals surface area (Å²) in [6, 6.07) is 0. The molecule has 0 radical (unpaired) electrons. The Bertz CT molecular complexity index is 403. The maximum Gasteiger partial charge on any atom is 0.410 e. The lowest BCUT2D eigenvalue weighted by molar-refractivity contribution is -0.0105. The van der Waals surface area contributed by atoms with Gasteiger partial charge in [-0.15, -0.1) is 0 Å². The summed E-state index contributed by atoms with van der Waals surface area (Å²) < 4.78 is 5.24. The lowest BCUT2D eigenvalue weighted by Crippen LogP contribution is -2.67. The maximum atomic E-state index is 11.7. The van der Waals surface area contributed by atoms with Gasteiger partial charge in [0.15, 0.2) is 0 Å². The summed E-state index contributed by atoms with van der Waals surface area (Å²) in [7, 11) is 0. The summed E-state index contributed by atoms with van der Waals surface area (Å²) in [4.78, 5) is 17.3. The first-order chi connectivity index (χ1) is 7.80. The first kappa shape index (κ1) is 11.8. The van der Waals surface area contributed by atoms with Crippen LogP contribution in [-0.4, -0.2) is 44.9 Å². The molecule has 7 nitrogen and oxygen atoms in total. The minimum absolute atomic E-state index is 0.349. The minimum Gasteiger partial charge on any atom is -0.444 e. The third-order valence-corrected chi connectivity index (χ3v) is 2.48. The second kappa shape index (κ2) is 3.69. The molecule has 0 aliphatic carbocycles. The molecule has 0 aromatic carbocycles. The molecule has 2 heterocycles. The maximum absolute atomic E-state index is 11.7. The number of ether oxygens (including phenoxy) is 1. The zero-order valence-electron chi connectivity index (χ0n) is 10.2. The highest BCUT2D eigenvalue weighted by molar-refractivity contribution is 5.69. The molecule has 0 bridgehead atoms. The topological polar surface area (TPSA) is 97.1 Å². The van der Waals surface area contributed by atoms with E-state index in [9.17, 15) is 4.79 Å². The Kier molecular flexibility index (Phi) is 2.57. The second-order valence-corrected chi connectivity index (χ2v) is 5.33. The highest BCUT2D eigenvalue weighted by Gasteiger charge is 2.46. The normalized spacial score (nSPS) is 18.7. The van der Waals surface area contributed by atoms with Gasteiger partial charge >= 0.3 is 6.09 Å². The van der Waals surface area contributed by atoms with Crippen LogP contribution in [0.3, 0.4) is 0 Å². The van der Waals surface area contributed by atoms with Crippen molar-refractivity contribution < 1.29 is 9.53 Å². The number of amides is 1. The van der Waals surface area contributed by atoms with E-state index in [1.807, 2.05) is 20.8 Å². The molecule has 1 aliphatic rings. The highest BCUT2D eigenvalue weighted by atomic mass is 16.6. The molecular formula is C10H17N5O2. The van der Waals surface area contributed by atoms with E-state index in [0.717, 1.165) is 0 Å². The van der Waals surface area contributed by atoms with Gasteiger partial charge in [0.05, 0.1) is 13.1 Å². The Hall–Kier alpha value is -1.63. The van der Waals surface area contributed by atoms with Crippen LogP contribution in [0.5, 0.6) is 0 Å². The number of hydrogen-bond acceptors (Lipinski definition) is 5. The Morgan fingerprint density at radius 1 is 1.59 bits per heavy atom. The third kappa shape index (κ3) is 2.38. The van der Waals surface area contributed by atoms with Gasteiger partial charge in [-0.25, -0.2) is 9.78 Å². The second-order valence-electron chi connectivity index (χ2n) is 5.33. The Labute approximate surface area is 99.3 Å². The summed E-state index contributed by atoms with van der Waals surface area (Å²) >= 11 is 0. The molecule has 0 unspecified atom stereocenters. The van der Waals surface area contributed by atoms with Gasteiger partial charge in [-0.1, -0.05) is 0 Å². The van der Waals surface area contributed by atoms with E-state index in [2.05, 4.69) is 15.2 Å². The van der Waals surface area contributed by atoms with Crippen LogP contribution in [0.1, 0.15) is 26.6 Å². The molecular weight excluding hydrogens is 222 g/mol. The number of nitrogens with two attached hydrogens (primary N) is 1. The summed E-state index contributed by atoms with van der Waals surface area (Å²) in [6.45, 7) is 6.26. The van der Waals surface area contributed by atoms with Gasteiger partial charge in [-0.05, 0) is 20.8 Å². The van der Waals surface area contributed by atoms with Crippen LogP contribution in [0.25, 0.3) is 0 Å². The Morgan fingerprint density at radius 3 is 2.71 bits per heavy atom. The van der Waals surface area contributed by atoms with E-state index in [1.165, 1.54) is 6.33 Å². The van der Waals surface area contributed by atoms with E-state index in [0.29, 0.717) is 18.9 Å². The molecule has 1 aromatic rings. The average molecular weight is 239 g/mol. The number of nitrogens with zero attached hydrogens (tertiary/aromatic N) is 3. The fraction of sp³-hybridized carbons (Fsp3) is 0.700. The lowest BCUT2D eigenvalue weighted by Gasteiger charge is -2.45. The van der Waals surface area contributed by atoms with Gasteiger partial charge < -0.3 is 15.4 Å². The number of aromatic nitrogens is 3. The van der Waals surface area contributed by atoms with Gasteiger partial charge in [0, 0.05) is 0 Å². The largest absolute Gasteiger partial charge is 0.444 e. The highest BCUT2D eigenvalue weighted by Crippen LogP contribution is 2.27. The van der Waals surface area contributed by atoms with Crippen molar-refractivity contribution >= 4 is 6.09 Å². The van der Waals surface area contributed by atoms with Crippen LogP contribution in [0, 0.1) is 0 Å². The summed E-state index contributed by atoms with van der Waals surface area (Å²) in [5.41, 5.74) is 4.96. The number of nitrogens with one attached hydrogen (secondary N) is 1. The summed E-state index contributed by atoms with van der Waals surface area (Å²) in [6.07, 6.45) is 1.05. The van der Waals surface area contributed by atoms with Crippen molar-refractivity contribution in [1.29, 1.82) is 0 Å². The first-order valence-corrected chi connectivity index (χ1v) is 5.43. The smallest absolute Gasteiger partial charge is 0.410 e. The number of likely N-dealkylation sites (tertiary alicyclic amines) is 1. The van der Waals surface area contributed by atoms with Gasteiger partial charge in [0.1, 0.15) is 23.3 Å². The van der Waals surface area contributed by atoms with E-state index in [4.69, 9.17) is 10.5 Å². The van der Waals surface area contributed by atoms with E-state index >= 15 is 0 Å². The van der Waals surface area contributed by atoms with E-state index < -0.39 is 11.1 Å². The molecule has 7 heteroatoms. The molecule has 3 N–H and O–H groups in total. The molecule has 0 atom stereocenters. The molecule has 1 aromatic heterocycles. The van der Waals surface area contributed by atoms with Crippen LogP contribution in [0.2, 0.25) is 0 Å². The Morgan fingerprint density at radius 2 is 2.24 bits per heavy atom. The van der Waals surface area contributed by atoms with Crippen LogP contribution < -0.4 is 5.73 Å². The van der Waals surface area contributed by atoms with E-state index in [1.54, 1.807) is 4.90 Å². The average Bonchev–Trinajstić information content (AvgIpc) is 2.62. The Balaban J connectivity index is 1.93. The van der Waals surface area contributed by atoms with Crippen LogP contribution in [0.4, 0.5) is 4.79 Å². The first-order valence-electron chi connectivity index (χ1n) is 5.43. The molecule has 1 aliphatic heterocycles. The molecule has 1 fully saturated rings. The number of aromatic amines is 1. The van der Waals surface area contributed by atoms with Gasteiger partial charge in [-0.3, -0.25) is 5.10 Å². The van der Waals surface area contributed by atoms with E-state index in [-0.39, 0.29) is 6.09 Å². The number of rotatable bonds is 1. The molecule has 17 heavy (non-hydrogen) atoms. The minimum atomic E-state index is -0.632. The number of carbonyl (C=O) groups is 1. The number of carbonyl (C=O) groups excluding carboxylic acids is 1. The predicted octanol–water partition coefficient (Wildman–Crippen LogP) is 0.209. The lowest BCUT2D eigenvalue weighted by atomic mass is 9.91. The molecule has 2 rings (SSSR count). The van der Waals surface area contributed by atoms with Gasteiger partial charge in [-0.2, -0.15) is 5.10 Å². The van der Waals surface area contributed by atoms with Crippen molar-refractivity contribution in [2.24, 2.45) is 5.73 Å². The van der Waals surface area contributed by atoms with Crippen LogP contribution in [-0.2, 0) is 10.3 Å². The molecule has 94 valence electrons. The predicted molar refractivity (Wildman–Crippen MR) is 60.1 cm³/mol. The zero-order valence-corrected chi connectivity index (χ0v) is 10.2. The number of H-pyrrole nitrogens is 1. The van der Waals surface area contributed by atoms with Crippen molar-refractivity contribution in [3.63, 3.8) is 0 Å². The van der Waals surface area contributed by atoms with Gasteiger partial charge in [0.25, 0.3) is 0 Å². The molecule has 1 amide bonds. The van der Waals surface area contributed by atoms with Crippen molar-refractivity contribution in [3.8, 4) is 0 Å². The fourth-order valence-corrected chi connectivity index (χ4v) is 1.69. The summed E-state index contributed by atoms with van der Waals surface area (Å²) in [5.74, 6) is 0.595. The van der Waals surface area contributed by atoms with Crippen molar-refractivity contribution in [2.45, 2.75) is 31.9 Å². The van der Waals surface area contributed by atoms with Crippen molar-refractivity contribution in [3.05, 3.63) is 12.2 Å². The quantitative estimate of drug-likeness (QED) is 0.730. The van der Waals surface area contributed by atoms with Crippen LogP contribution in [0.15, 0.2) is 6.33 Å². The summed E-state index contributed by atoms with van der Waals surface area (Å²) in [5, 5.41) is 6.47. The zero-order chi connectivity index (χ0) is 12.7. The fourth-order valence-electron chi connectivity index (χ4n) is 1.69. The van der Waals surface area contributed by atoms with Crippen molar-refractivity contribution in [2.75, 3.05) is 13.1 Å². The standard InChI is InChI=1S/C10H17N5O2/c1-9(2,3)17-8(16)15-4-10(11,5-15)7-12-6-13-14-7/h6H,4-5,11H2,1-3H3,(H,12,13,14). The van der Waals surface area contributed by atoms with Crippen molar-refractivity contribution in [1.82, 2.24) is 20.1 Å². The van der Waals surface area contributed by atoms with Crippen LogP contribution >= 0.6 is 0 Å². The van der Waals surface area contributed by atoms with Gasteiger partial charge in [0.2, 0.25) is 0 Å².